The topological polar surface area (TPSA) is 77.0 Å². The molecular weight excluding hydrogens is 302 g/mol. The van der Waals surface area contributed by atoms with Gasteiger partial charge in [0.15, 0.2) is 10.9 Å². The largest absolute Gasteiger partial charge is 0.496 e. The third-order valence-corrected chi connectivity index (χ3v) is 4.63. The summed E-state index contributed by atoms with van der Waals surface area (Å²) in [6.07, 6.45) is 2.05. The summed E-state index contributed by atoms with van der Waals surface area (Å²) < 4.78 is 7.06. The number of thioether (sulfide) groups is 1. The number of benzene rings is 1. The first-order chi connectivity index (χ1) is 10.6. The van der Waals surface area contributed by atoms with Crippen molar-refractivity contribution in [2.75, 3.05) is 7.11 Å². The standard InChI is InChI=1S/C15H17N3O3S/c1-9(19)10-3-6-13(21-2)11(7-10)8-22-15-17-16-14(20)18(15)12-4-5-12/h3,6-7,12H,4-5,8H2,1-2H3,(H,16,20). The van der Waals surface area contributed by atoms with E-state index in [4.69, 9.17) is 4.74 Å². The zero-order valence-electron chi connectivity index (χ0n) is 12.5. The molecule has 1 aromatic heterocycles. The Morgan fingerprint density at radius 3 is 2.91 bits per heavy atom. The molecule has 1 fully saturated rings. The van der Waals surface area contributed by atoms with E-state index in [0.29, 0.717) is 16.5 Å². The van der Waals surface area contributed by atoms with Gasteiger partial charge in [0.2, 0.25) is 0 Å². The molecule has 1 heterocycles. The van der Waals surface area contributed by atoms with Gasteiger partial charge in [-0.15, -0.1) is 5.10 Å². The molecule has 1 aromatic carbocycles. The maximum absolute atomic E-state index is 11.8. The van der Waals surface area contributed by atoms with Gasteiger partial charge in [0.1, 0.15) is 5.75 Å². The fourth-order valence-corrected chi connectivity index (χ4v) is 3.29. The lowest BCUT2D eigenvalue weighted by Crippen LogP contribution is -2.16. The van der Waals surface area contributed by atoms with Crippen molar-refractivity contribution < 1.29 is 9.53 Å². The maximum atomic E-state index is 11.8. The smallest absolute Gasteiger partial charge is 0.344 e. The fourth-order valence-electron chi connectivity index (χ4n) is 2.30. The van der Waals surface area contributed by atoms with Crippen molar-refractivity contribution >= 4 is 17.5 Å². The second kappa shape index (κ2) is 6.00. The van der Waals surface area contributed by atoms with E-state index in [1.807, 2.05) is 6.07 Å². The number of nitrogens with zero attached hydrogens (tertiary/aromatic N) is 2. The van der Waals surface area contributed by atoms with Gasteiger partial charge in [0.05, 0.1) is 7.11 Å². The molecule has 0 unspecified atom stereocenters. The highest BCUT2D eigenvalue weighted by molar-refractivity contribution is 7.98. The highest BCUT2D eigenvalue weighted by Crippen LogP contribution is 2.37. The number of Topliss-reactive ketones (excluding diaryl/α,β-unsaturated/α-hetero) is 1. The van der Waals surface area contributed by atoms with Crippen LogP contribution >= 0.6 is 11.8 Å². The number of aromatic nitrogens is 3. The van der Waals surface area contributed by atoms with Crippen molar-refractivity contribution in [3.05, 3.63) is 39.8 Å². The Morgan fingerprint density at radius 2 is 2.27 bits per heavy atom. The van der Waals surface area contributed by atoms with E-state index in [0.717, 1.165) is 24.2 Å². The first-order valence-corrected chi connectivity index (χ1v) is 8.06. The summed E-state index contributed by atoms with van der Waals surface area (Å²) in [7, 11) is 1.60. The van der Waals surface area contributed by atoms with Gasteiger partial charge in [-0.3, -0.25) is 9.36 Å². The van der Waals surface area contributed by atoms with E-state index in [9.17, 15) is 9.59 Å². The first kappa shape index (κ1) is 14.9. The maximum Gasteiger partial charge on any atom is 0.344 e. The Hall–Kier alpha value is -2.02. The molecule has 0 bridgehead atoms. The molecule has 6 nitrogen and oxygen atoms in total. The molecule has 0 spiro atoms. The number of methoxy groups -OCH3 is 1. The molecule has 0 saturated heterocycles. The van der Waals surface area contributed by atoms with Crippen LogP contribution in [0.25, 0.3) is 0 Å². The van der Waals surface area contributed by atoms with Gasteiger partial charge in [-0.1, -0.05) is 11.8 Å². The number of hydrogen-bond acceptors (Lipinski definition) is 5. The van der Waals surface area contributed by atoms with Crippen LogP contribution in [0.2, 0.25) is 0 Å². The van der Waals surface area contributed by atoms with Gasteiger partial charge in [-0.05, 0) is 38.0 Å². The number of carbonyl (C=O) groups is 1. The van der Waals surface area contributed by atoms with Crippen LogP contribution < -0.4 is 10.4 Å². The van der Waals surface area contributed by atoms with Gasteiger partial charge >= 0.3 is 5.69 Å². The summed E-state index contributed by atoms with van der Waals surface area (Å²) in [4.78, 5) is 23.3. The van der Waals surface area contributed by atoms with Crippen molar-refractivity contribution in [2.45, 2.75) is 36.7 Å². The van der Waals surface area contributed by atoms with Crippen LogP contribution in [0, 0.1) is 0 Å². The number of ketones is 1. The van der Waals surface area contributed by atoms with E-state index in [-0.39, 0.29) is 17.5 Å². The number of H-pyrrole nitrogens is 1. The molecule has 1 aliphatic carbocycles. The number of hydrogen-bond donors (Lipinski definition) is 1. The number of aromatic amines is 1. The highest BCUT2D eigenvalue weighted by Gasteiger charge is 2.28. The minimum absolute atomic E-state index is 0.0172. The van der Waals surface area contributed by atoms with Crippen LogP contribution in [0.3, 0.4) is 0 Å². The molecule has 0 radical (unpaired) electrons. The summed E-state index contributed by atoms with van der Waals surface area (Å²) in [5.41, 5.74) is 1.41. The minimum atomic E-state index is -0.158. The molecule has 1 N–H and O–H groups in total. The van der Waals surface area contributed by atoms with Crippen LogP contribution in [0.4, 0.5) is 0 Å². The average molecular weight is 319 g/mol. The lowest BCUT2D eigenvalue weighted by molar-refractivity contribution is 0.101. The predicted molar refractivity (Wildman–Crippen MR) is 83.7 cm³/mol. The van der Waals surface area contributed by atoms with E-state index in [1.165, 1.54) is 18.7 Å². The SMILES string of the molecule is COc1ccc(C(C)=O)cc1CSc1n[nH]c(=O)n1C1CC1. The summed E-state index contributed by atoms with van der Waals surface area (Å²) in [6, 6.07) is 5.66. The van der Waals surface area contributed by atoms with E-state index in [1.54, 1.807) is 23.8 Å². The number of carbonyl (C=O) groups excluding carboxylic acids is 1. The Bertz CT molecular complexity index is 762. The van der Waals surface area contributed by atoms with Crippen molar-refractivity contribution in [2.24, 2.45) is 0 Å². The van der Waals surface area contributed by atoms with Crippen LogP contribution in [0.15, 0.2) is 28.2 Å². The number of rotatable bonds is 6. The van der Waals surface area contributed by atoms with Crippen molar-refractivity contribution in [3.63, 3.8) is 0 Å². The molecule has 116 valence electrons. The first-order valence-electron chi connectivity index (χ1n) is 7.07. The molecule has 3 rings (SSSR count). The van der Waals surface area contributed by atoms with Gasteiger partial charge in [0.25, 0.3) is 0 Å². The quantitative estimate of drug-likeness (QED) is 0.653. The average Bonchev–Trinajstić information content (AvgIpc) is 3.28. The molecule has 2 aromatic rings. The van der Waals surface area contributed by atoms with Crippen molar-refractivity contribution in [1.82, 2.24) is 14.8 Å². The van der Waals surface area contributed by atoms with Crippen molar-refractivity contribution in [1.29, 1.82) is 0 Å². The molecular formula is C15H17N3O3S. The van der Waals surface area contributed by atoms with Crippen LogP contribution in [-0.4, -0.2) is 27.7 Å². The fraction of sp³-hybridized carbons (Fsp3) is 0.400. The van der Waals surface area contributed by atoms with E-state index < -0.39 is 0 Å². The Kier molecular flexibility index (Phi) is 4.06. The normalized spacial score (nSPS) is 14.1. The predicted octanol–water partition coefficient (Wildman–Crippen LogP) is 2.41. The summed E-state index contributed by atoms with van der Waals surface area (Å²) in [5, 5.41) is 7.27. The Balaban J connectivity index is 1.83. The van der Waals surface area contributed by atoms with E-state index in [2.05, 4.69) is 10.2 Å². The van der Waals surface area contributed by atoms with Gasteiger partial charge in [-0.2, -0.15) is 0 Å². The van der Waals surface area contributed by atoms with Gasteiger partial charge in [-0.25, -0.2) is 9.89 Å². The molecule has 1 aliphatic rings. The molecule has 0 amide bonds. The summed E-state index contributed by atoms with van der Waals surface area (Å²) in [6.45, 7) is 1.54. The third-order valence-electron chi connectivity index (χ3n) is 3.63. The zero-order valence-corrected chi connectivity index (χ0v) is 13.3. The Labute approximate surface area is 131 Å². The number of ether oxygens (including phenoxy) is 1. The van der Waals surface area contributed by atoms with Crippen molar-refractivity contribution in [3.8, 4) is 5.75 Å². The van der Waals surface area contributed by atoms with Crippen LogP contribution in [0.5, 0.6) is 5.75 Å². The number of nitrogens with one attached hydrogen (secondary N) is 1. The molecule has 0 aliphatic heterocycles. The zero-order chi connectivity index (χ0) is 15.7. The lowest BCUT2D eigenvalue weighted by atomic mass is 10.1. The lowest BCUT2D eigenvalue weighted by Gasteiger charge is -2.10. The second-order valence-corrected chi connectivity index (χ2v) is 6.23. The van der Waals surface area contributed by atoms with Gasteiger partial charge < -0.3 is 4.74 Å². The molecule has 1 saturated carbocycles. The highest BCUT2D eigenvalue weighted by atomic mass is 32.2. The van der Waals surface area contributed by atoms with Gasteiger partial charge in [0, 0.05) is 22.9 Å². The second-order valence-electron chi connectivity index (χ2n) is 5.28. The molecule has 7 heteroatoms. The van der Waals surface area contributed by atoms with Crippen LogP contribution in [-0.2, 0) is 5.75 Å². The summed E-state index contributed by atoms with van der Waals surface area (Å²) in [5.74, 6) is 1.33. The minimum Gasteiger partial charge on any atom is -0.496 e. The molecule has 0 atom stereocenters. The monoisotopic (exact) mass is 319 g/mol. The van der Waals surface area contributed by atoms with Crippen LogP contribution in [0.1, 0.15) is 41.7 Å². The van der Waals surface area contributed by atoms with E-state index >= 15 is 0 Å². The Morgan fingerprint density at radius 1 is 1.50 bits per heavy atom. The summed E-state index contributed by atoms with van der Waals surface area (Å²) >= 11 is 1.47. The third kappa shape index (κ3) is 2.94. The molecule has 22 heavy (non-hydrogen) atoms.